The minimum absolute atomic E-state index is 0.167. The average Bonchev–Trinajstić information content (AvgIpc) is 3.42. The van der Waals surface area contributed by atoms with Gasteiger partial charge in [-0.2, -0.15) is 10.1 Å². The molecule has 5 heterocycles. The average molecular weight is 388 g/mol. The highest BCUT2D eigenvalue weighted by atomic mass is 16.6. The number of hydrogen-bond acceptors (Lipinski definition) is 11. The van der Waals surface area contributed by atoms with Crippen LogP contribution in [0.25, 0.3) is 22.2 Å². The van der Waals surface area contributed by atoms with Crippen LogP contribution in [0.1, 0.15) is 6.23 Å². The molecule has 1 aliphatic heterocycles. The molecule has 0 amide bonds. The molecular weight excluding hydrogens is 372 g/mol. The lowest BCUT2D eigenvalue weighted by molar-refractivity contribution is -0.0511. The van der Waals surface area contributed by atoms with Crippen LogP contribution in [0.4, 0.5) is 0 Å². The molecule has 5 rings (SSSR count). The molecule has 0 radical (unpaired) electrons. The topological polar surface area (TPSA) is 188 Å². The number of aliphatic hydroxyl groups excluding tert-OH is 3. The molecule has 13 nitrogen and oxygen atoms in total. The molecule has 0 aromatic carbocycles. The zero-order chi connectivity index (χ0) is 19.7. The van der Waals surface area contributed by atoms with Crippen molar-refractivity contribution in [1.29, 1.82) is 0 Å². The molecule has 1 fully saturated rings. The molecule has 0 bridgehead atoms. The summed E-state index contributed by atoms with van der Waals surface area (Å²) in [5.41, 5.74) is 2.16. The predicted molar refractivity (Wildman–Crippen MR) is 91.7 cm³/mol. The number of imidazole rings is 1. The molecule has 28 heavy (non-hydrogen) atoms. The number of aromatic hydroxyl groups is 1. The van der Waals surface area contributed by atoms with Crippen LogP contribution >= 0.6 is 0 Å². The lowest BCUT2D eigenvalue weighted by Gasteiger charge is -2.16. The van der Waals surface area contributed by atoms with Crippen LogP contribution in [0.5, 0.6) is 5.88 Å². The second kappa shape index (κ2) is 7.40. The van der Waals surface area contributed by atoms with Gasteiger partial charge in [0.05, 0.1) is 25.3 Å². The Morgan fingerprint density at radius 2 is 1.93 bits per heavy atom. The van der Waals surface area contributed by atoms with Crippen LogP contribution in [0.2, 0.25) is 0 Å². The number of aromatic amines is 1. The lowest BCUT2D eigenvalue weighted by Crippen LogP contribution is -2.33. The Hall–Kier alpha value is -3.26. The fourth-order valence-corrected chi connectivity index (χ4v) is 2.83. The van der Waals surface area contributed by atoms with Gasteiger partial charge in [-0.1, -0.05) is 0 Å². The number of nitrogens with one attached hydrogen (secondary N) is 1. The van der Waals surface area contributed by atoms with Crippen LogP contribution < -0.4 is 0 Å². The van der Waals surface area contributed by atoms with Crippen molar-refractivity contribution in [2.75, 3.05) is 6.61 Å². The number of hydrogen-bond donors (Lipinski definition) is 5. The molecule has 13 heteroatoms. The number of aromatic nitrogens is 8. The summed E-state index contributed by atoms with van der Waals surface area (Å²) in [7, 11) is 0. The Kier molecular flexibility index (Phi) is 4.79. The number of fused-ring (bicyclic) bond motifs is 2. The number of H-pyrrole nitrogens is 1. The summed E-state index contributed by atoms with van der Waals surface area (Å²) in [5, 5.41) is 44.7. The maximum absolute atomic E-state index is 9.92. The van der Waals surface area contributed by atoms with E-state index in [1.165, 1.54) is 17.2 Å². The van der Waals surface area contributed by atoms with E-state index in [-0.39, 0.29) is 17.0 Å². The van der Waals surface area contributed by atoms with Gasteiger partial charge < -0.3 is 25.2 Å². The Balaban J connectivity index is 0.000000177. The van der Waals surface area contributed by atoms with Crippen molar-refractivity contribution in [2.24, 2.45) is 0 Å². The molecule has 0 spiro atoms. The smallest absolute Gasteiger partial charge is 0.242 e. The van der Waals surface area contributed by atoms with Crippen LogP contribution in [-0.4, -0.2) is 85.0 Å². The van der Waals surface area contributed by atoms with Gasteiger partial charge in [0.2, 0.25) is 5.88 Å². The van der Waals surface area contributed by atoms with Gasteiger partial charge >= 0.3 is 0 Å². The highest BCUT2D eigenvalue weighted by Crippen LogP contribution is 2.32. The normalized spacial score (nSPS) is 24.4. The van der Waals surface area contributed by atoms with E-state index < -0.39 is 31.1 Å². The number of nitrogens with zero attached hydrogens (tertiary/aromatic N) is 7. The van der Waals surface area contributed by atoms with E-state index in [1.807, 2.05) is 0 Å². The van der Waals surface area contributed by atoms with E-state index in [1.54, 1.807) is 12.4 Å². The van der Waals surface area contributed by atoms with E-state index in [2.05, 4.69) is 35.1 Å². The van der Waals surface area contributed by atoms with Gasteiger partial charge in [0, 0.05) is 0 Å². The summed E-state index contributed by atoms with van der Waals surface area (Å²) in [4.78, 5) is 19.2. The van der Waals surface area contributed by atoms with E-state index in [9.17, 15) is 15.3 Å². The first-order valence-electron chi connectivity index (χ1n) is 8.18. The van der Waals surface area contributed by atoms with Gasteiger partial charge in [0.15, 0.2) is 17.4 Å². The van der Waals surface area contributed by atoms with Gasteiger partial charge in [-0.25, -0.2) is 19.9 Å². The van der Waals surface area contributed by atoms with Gasteiger partial charge in [-0.05, 0) is 0 Å². The molecule has 0 unspecified atom stereocenters. The molecule has 4 aromatic rings. The monoisotopic (exact) mass is 388 g/mol. The van der Waals surface area contributed by atoms with Crippen molar-refractivity contribution < 1.29 is 25.2 Å². The van der Waals surface area contributed by atoms with Crippen molar-refractivity contribution in [3.8, 4) is 5.88 Å². The van der Waals surface area contributed by atoms with Crippen molar-refractivity contribution in [1.82, 2.24) is 39.7 Å². The molecule has 4 aromatic heterocycles. The Bertz CT molecular complexity index is 1050. The second-order valence-corrected chi connectivity index (χ2v) is 5.94. The summed E-state index contributed by atoms with van der Waals surface area (Å²) in [6.07, 6.45) is 3.06. The third kappa shape index (κ3) is 3.11. The maximum Gasteiger partial charge on any atom is 0.242 e. The molecule has 0 saturated carbocycles. The highest BCUT2D eigenvalue weighted by molar-refractivity contribution is 5.75. The standard InChI is InChI=1S/C10H12N4O5.C5H4N4/c15-1-4-6(16)7(17)10(19-4)14-3-13-5-8(14)11-2-12-9(5)18;1-5-4(2-8-9-5)7-3-6-1/h2-4,6-7,10,15-17H,1H2,(H,11,12,18);1-3H,(H,8,9)/t4-,6-,7-,10-;/m1./s1. The third-order valence-electron chi connectivity index (χ3n) is 4.25. The molecule has 146 valence electrons. The minimum atomic E-state index is -1.23. The molecule has 0 aliphatic carbocycles. The Morgan fingerprint density at radius 3 is 2.68 bits per heavy atom. The summed E-state index contributed by atoms with van der Waals surface area (Å²) >= 11 is 0. The zero-order valence-corrected chi connectivity index (χ0v) is 14.2. The molecular formula is C15H16N8O5. The van der Waals surface area contributed by atoms with Crippen LogP contribution in [0.3, 0.4) is 0 Å². The number of ether oxygens (including phenoxy) is 1. The van der Waals surface area contributed by atoms with Crippen molar-refractivity contribution >= 4 is 22.2 Å². The molecule has 1 saturated heterocycles. The summed E-state index contributed by atoms with van der Waals surface area (Å²) in [6.45, 7) is -0.415. The van der Waals surface area contributed by atoms with E-state index in [4.69, 9.17) is 9.84 Å². The van der Waals surface area contributed by atoms with Crippen LogP contribution in [-0.2, 0) is 4.74 Å². The third-order valence-corrected chi connectivity index (χ3v) is 4.25. The SMILES string of the molecule is OC[C@H]1O[C@@H](n2cnc3c(O)ncnc32)[C@H](O)[C@@H]1O.c1ncc2[nH]ncc2n1. The van der Waals surface area contributed by atoms with E-state index in [0.29, 0.717) is 0 Å². The van der Waals surface area contributed by atoms with Gasteiger partial charge in [0.25, 0.3) is 0 Å². The molecule has 5 N–H and O–H groups in total. The summed E-state index contributed by atoms with van der Waals surface area (Å²) in [5.74, 6) is -0.282. The zero-order valence-electron chi connectivity index (χ0n) is 14.2. The summed E-state index contributed by atoms with van der Waals surface area (Å²) < 4.78 is 6.73. The first-order valence-corrected chi connectivity index (χ1v) is 8.18. The quantitative estimate of drug-likeness (QED) is 0.269. The Morgan fingerprint density at radius 1 is 1.07 bits per heavy atom. The first-order chi connectivity index (χ1) is 13.6. The van der Waals surface area contributed by atoms with Crippen molar-refractivity contribution in [3.63, 3.8) is 0 Å². The molecule has 1 aliphatic rings. The maximum atomic E-state index is 9.92. The van der Waals surface area contributed by atoms with Gasteiger partial charge in [-0.15, -0.1) is 0 Å². The largest absolute Gasteiger partial charge is 0.492 e. The lowest BCUT2D eigenvalue weighted by atomic mass is 10.1. The van der Waals surface area contributed by atoms with Crippen molar-refractivity contribution in [3.05, 3.63) is 31.4 Å². The number of aliphatic hydroxyl groups is 3. The molecule has 4 atom stereocenters. The second-order valence-electron chi connectivity index (χ2n) is 5.94. The van der Waals surface area contributed by atoms with E-state index in [0.717, 1.165) is 17.4 Å². The van der Waals surface area contributed by atoms with E-state index >= 15 is 0 Å². The number of rotatable bonds is 2. The fraction of sp³-hybridized carbons (Fsp3) is 0.333. The fourth-order valence-electron chi connectivity index (χ4n) is 2.83. The summed E-state index contributed by atoms with van der Waals surface area (Å²) in [6, 6.07) is 0. The van der Waals surface area contributed by atoms with Gasteiger partial charge in [-0.3, -0.25) is 9.67 Å². The minimum Gasteiger partial charge on any atom is -0.492 e. The van der Waals surface area contributed by atoms with Crippen LogP contribution in [0, 0.1) is 0 Å². The predicted octanol–water partition coefficient (Wildman–Crippen LogP) is -1.50. The first kappa shape index (κ1) is 18.1. The highest BCUT2D eigenvalue weighted by Gasteiger charge is 2.44. The Labute approximate surface area is 156 Å². The van der Waals surface area contributed by atoms with Crippen molar-refractivity contribution in [2.45, 2.75) is 24.5 Å². The van der Waals surface area contributed by atoms with Crippen LogP contribution in [0.15, 0.2) is 31.4 Å². The van der Waals surface area contributed by atoms with Gasteiger partial charge in [0.1, 0.15) is 42.0 Å².